The monoisotopic (exact) mass is 166 g/mol. The van der Waals surface area contributed by atoms with Gasteiger partial charge < -0.3 is 0 Å². The molecule has 0 aromatic carbocycles. The molecule has 2 rings (SSSR count). The third-order valence-electron chi connectivity index (χ3n) is 3.17. The molecule has 0 aliphatic heterocycles. The fraction of sp³-hybridized carbons (Fsp3) is 0.833. The summed E-state index contributed by atoms with van der Waals surface area (Å²) in [5, 5.41) is 0. The highest BCUT2D eigenvalue weighted by molar-refractivity contribution is 5.09. The summed E-state index contributed by atoms with van der Waals surface area (Å²) in [6, 6.07) is 0. The molecule has 0 N–H and O–H groups in total. The maximum Gasteiger partial charge on any atom is -0.0113 e. The summed E-state index contributed by atoms with van der Waals surface area (Å²) in [7, 11) is 0. The SMILES string of the molecule is CC.CC1CCC2(C=CCC2)C1. The molecule has 0 nitrogen and oxygen atoms in total. The van der Waals surface area contributed by atoms with Gasteiger partial charge in [0.15, 0.2) is 0 Å². The highest BCUT2D eigenvalue weighted by Crippen LogP contribution is 2.48. The second-order valence-corrected chi connectivity index (χ2v) is 4.15. The van der Waals surface area contributed by atoms with Gasteiger partial charge >= 0.3 is 0 Å². The van der Waals surface area contributed by atoms with Crippen LogP contribution in [0.4, 0.5) is 0 Å². The van der Waals surface area contributed by atoms with E-state index in [4.69, 9.17) is 0 Å². The topological polar surface area (TPSA) is 0 Å². The highest BCUT2D eigenvalue weighted by atomic mass is 14.4. The Hall–Kier alpha value is -0.260. The Bertz CT molecular complexity index is 157. The fourth-order valence-corrected chi connectivity index (χ4v) is 2.60. The second-order valence-electron chi connectivity index (χ2n) is 4.15. The number of rotatable bonds is 0. The molecule has 12 heavy (non-hydrogen) atoms. The Labute approximate surface area is 77.1 Å². The van der Waals surface area contributed by atoms with E-state index in [1.807, 2.05) is 13.8 Å². The molecule has 0 amide bonds. The van der Waals surface area contributed by atoms with Crippen molar-refractivity contribution in [3.63, 3.8) is 0 Å². The van der Waals surface area contributed by atoms with Crippen LogP contribution >= 0.6 is 0 Å². The minimum absolute atomic E-state index is 0.680. The average Bonchev–Trinajstić information content (AvgIpc) is 2.68. The molecule has 1 saturated carbocycles. The van der Waals surface area contributed by atoms with Crippen molar-refractivity contribution in [1.29, 1.82) is 0 Å². The summed E-state index contributed by atoms with van der Waals surface area (Å²) >= 11 is 0. The molecule has 0 aromatic heterocycles. The minimum atomic E-state index is 0.680. The lowest BCUT2D eigenvalue weighted by atomic mass is 9.85. The van der Waals surface area contributed by atoms with Gasteiger partial charge in [0.05, 0.1) is 0 Å². The van der Waals surface area contributed by atoms with E-state index in [2.05, 4.69) is 19.1 Å². The Kier molecular flexibility index (Phi) is 3.37. The Morgan fingerprint density at radius 2 is 2.00 bits per heavy atom. The molecule has 0 heterocycles. The third kappa shape index (κ3) is 1.91. The van der Waals surface area contributed by atoms with Crippen LogP contribution in [0.1, 0.15) is 52.9 Å². The van der Waals surface area contributed by atoms with Crippen molar-refractivity contribution in [3.05, 3.63) is 12.2 Å². The van der Waals surface area contributed by atoms with E-state index in [0.29, 0.717) is 5.41 Å². The zero-order chi connectivity index (χ0) is 9.03. The summed E-state index contributed by atoms with van der Waals surface area (Å²) in [5.74, 6) is 0.989. The Balaban J connectivity index is 0.000000336. The lowest BCUT2D eigenvalue weighted by Gasteiger charge is -2.19. The van der Waals surface area contributed by atoms with E-state index in [0.717, 1.165) is 5.92 Å². The lowest BCUT2D eigenvalue weighted by molar-refractivity contribution is 0.374. The Morgan fingerprint density at radius 3 is 2.42 bits per heavy atom. The van der Waals surface area contributed by atoms with Crippen molar-refractivity contribution < 1.29 is 0 Å². The van der Waals surface area contributed by atoms with Crippen molar-refractivity contribution in [2.24, 2.45) is 11.3 Å². The molecule has 2 unspecified atom stereocenters. The minimum Gasteiger partial charge on any atom is -0.0879 e. The van der Waals surface area contributed by atoms with Crippen LogP contribution in [0.25, 0.3) is 0 Å². The summed E-state index contributed by atoms with van der Waals surface area (Å²) in [4.78, 5) is 0. The van der Waals surface area contributed by atoms with Gasteiger partial charge in [-0.25, -0.2) is 0 Å². The average molecular weight is 166 g/mol. The predicted octanol–water partition coefficient (Wildman–Crippen LogP) is 4.17. The van der Waals surface area contributed by atoms with Crippen molar-refractivity contribution in [1.82, 2.24) is 0 Å². The molecule has 2 aliphatic carbocycles. The van der Waals surface area contributed by atoms with Crippen LogP contribution in [0.5, 0.6) is 0 Å². The highest BCUT2D eigenvalue weighted by Gasteiger charge is 2.36. The van der Waals surface area contributed by atoms with E-state index >= 15 is 0 Å². The van der Waals surface area contributed by atoms with E-state index in [1.54, 1.807) is 0 Å². The lowest BCUT2D eigenvalue weighted by Crippen LogP contribution is -2.08. The summed E-state index contributed by atoms with van der Waals surface area (Å²) in [6.07, 6.45) is 12.0. The maximum atomic E-state index is 2.48. The van der Waals surface area contributed by atoms with Gasteiger partial charge in [0, 0.05) is 0 Å². The molecular weight excluding hydrogens is 144 g/mol. The van der Waals surface area contributed by atoms with Gasteiger partial charge in [0.1, 0.15) is 0 Å². The van der Waals surface area contributed by atoms with Crippen LogP contribution in [0.2, 0.25) is 0 Å². The normalized spacial score (nSPS) is 38.4. The molecule has 70 valence electrons. The van der Waals surface area contributed by atoms with Gasteiger partial charge in [-0.15, -0.1) is 0 Å². The summed E-state index contributed by atoms with van der Waals surface area (Å²) < 4.78 is 0. The van der Waals surface area contributed by atoms with Gasteiger partial charge in [-0.2, -0.15) is 0 Å². The maximum absolute atomic E-state index is 2.48. The van der Waals surface area contributed by atoms with Gasteiger partial charge in [-0.1, -0.05) is 32.9 Å². The third-order valence-corrected chi connectivity index (χ3v) is 3.17. The fourth-order valence-electron chi connectivity index (χ4n) is 2.60. The molecule has 2 atom stereocenters. The van der Waals surface area contributed by atoms with E-state index in [9.17, 15) is 0 Å². The van der Waals surface area contributed by atoms with Gasteiger partial charge in [0.25, 0.3) is 0 Å². The number of hydrogen-bond acceptors (Lipinski definition) is 0. The largest absolute Gasteiger partial charge is 0.0879 e. The molecule has 0 heteroatoms. The standard InChI is InChI=1S/C10H16.C2H6/c1-9-4-7-10(8-9)5-2-3-6-10;1-2/h2,5,9H,3-4,6-8H2,1H3;1-2H3. The Morgan fingerprint density at radius 1 is 1.25 bits per heavy atom. The molecule has 0 bridgehead atoms. The van der Waals surface area contributed by atoms with Gasteiger partial charge in [-0.05, 0) is 43.4 Å². The second kappa shape index (κ2) is 4.11. The first-order valence-electron chi connectivity index (χ1n) is 5.48. The van der Waals surface area contributed by atoms with Crippen molar-refractivity contribution >= 4 is 0 Å². The predicted molar refractivity (Wildman–Crippen MR) is 55.2 cm³/mol. The van der Waals surface area contributed by atoms with Crippen LogP contribution in [0, 0.1) is 11.3 Å². The summed E-state index contributed by atoms with van der Waals surface area (Å²) in [5.41, 5.74) is 0.680. The first kappa shape index (κ1) is 9.83. The van der Waals surface area contributed by atoms with E-state index in [-0.39, 0.29) is 0 Å². The molecule has 1 fully saturated rings. The van der Waals surface area contributed by atoms with E-state index in [1.165, 1.54) is 32.1 Å². The van der Waals surface area contributed by atoms with Crippen LogP contribution in [0.3, 0.4) is 0 Å². The van der Waals surface area contributed by atoms with Crippen LogP contribution in [-0.4, -0.2) is 0 Å². The molecule has 0 radical (unpaired) electrons. The first-order valence-corrected chi connectivity index (χ1v) is 5.48. The van der Waals surface area contributed by atoms with Crippen LogP contribution in [-0.2, 0) is 0 Å². The quantitative estimate of drug-likeness (QED) is 0.474. The smallest absolute Gasteiger partial charge is 0.0113 e. The molecule has 1 spiro atoms. The number of allylic oxidation sites excluding steroid dienone is 2. The number of hydrogen-bond donors (Lipinski definition) is 0. The van der Waals surface area contributed by atoms with Crippen molar-refractivity contribution in [2.75, 3.05) is 0 Å². The van der Waals surface area contributed by atoms with Crippen LogP contribution < -0.4 is 0 Å². The molecular formula is C12H22. The molecule has 0 aromatic rings. The zero-order valence-corrected chi connectivity index (χ0v) is 8.77. The van der Waals surface area contributed by atoms with Crippen LogP contribution in [0.15, 0.2) is 12.2 Å². The zero-order valence-electron chi connectivity index (χ0n) is 8.77. The van der Waals surface area contributed by atoms with Gasteiger partial charge in [0.2, 0.25) is 0 Å². The summed E-state index contributed by atoms with van der Waals surface area (Å²) in [6.45, 7) is 6.39. The van der Waals surface area contributed by atoms with E-state index < -0.39 is 0 Å². The first-order chi connectivity index (χ1) is 5.81. The molecule has 2 aliphatic rings. The van der Waals surface area contributed by atoms with Gasteiger partial charge in [-0.3, -0.25) is 0 Å². The van der Waals surface area contributed by atoms with Crippen molar-refractivity contribution in [2.45, 2.75) is 52.9 Å². The van der Waals surface area contributed by atoms with Crippen molar-refractivity contribution in [3.8, 4) is 0 Å². The molecule has 0 saturated heterocycles.